The number of anilines is 1. The molecule has 122 valence electrons. The fourth-order valence-corrected chi connectivity index (χ4v) is 2.49. The fourth-order valence-electron chi connectivity index (χ4n) is 2.49. The number of aromatic nitrogens is 2. The van der Waals surface area contributed by atoms with Crippen LogP contribution in [-0.2, 0) is 6.42 Å². The van der Waals surface area contributed by atoms with Crippen LogP contribution < -0.4 is 16.2 Å². The first-order valence-corrected chi connectivity index (χ1v) is 7.64. The lowest BCUT2D eigenvalue weighted by atomic mass is 10.1. The zero-order chi connectivity index (χ0) is 16.8. The Hall–Kier alpha value is -2.47. The van der Waals surface area contributed by atoms with Gasteiger partial charge in [0.25, 0.3) is 5.56 Å². The molecule has 2 rings (SSSR count). The largest absolute Gasteiger partial charge is 0.364 e. The minimum atomic E-state index is -0.350. The third-order valence-corrected chi connectivity index (χ3v) is 3.63. The number of likely N-dealkylation sites (N-methyl/N-ethyl adjacent to an activating group) is 1. The quantitative estimate of drug-likeness (QED) is 0.780. The summed E-state index contributed by atoms with van der Waals surface area (Å²) in [5.41, 5.74) is 5.63. The summed E-state index contributed by atoms with van der Waals surface area (Å²) in [7, 11) is 0. The van der Waals surface area contributed by atoms with E-state index in [0.717, 1.165) is 25.3 Å². The summed E-state index contributed by atoms with van der Waals surface area (Å²) in [6.45, 7) is 8.02. The zero-order valence-electron chi connectivity index (χ0n) is 13.3. The molecule has 0 aliphatic carbocycles. The van der Waals surface area contributed by atoms with Gasteiger partial charge >= 0.3 is 0 Å². The Morgan fingerprint density at radius 2 is 2.09 bits per heavy atom. The molecule has 0 fully saturated rings. The smallest absolute Gasteiger partial charge is 0.277 e. The van der Waals surface area contributed by atoms with Crippen LogP contribution in [0.5, 0.6) is 0 Å². The normalized spacial score (nSPS) is 10.6. The summed E-state index contributed by atoms with van der Waals surface area (Å²) in [6.07, 6.45) is 3.83. The van der Waals surface area contributed by atoms with Crippen molar-refractivity contribution in [3.63, 3.8) is 0 Å². The van der Waals surface area contributed by atoms with Crippen LogP contribution in [0.25, 0.3) is 5.69 Å². The Bertz CT molecular complexity index is 724. The second kappa shape index (κ2) is 7.69. The minimum Gasteiger partial charge on any atom is -0.364 e. The Morgan fingerprint density at radius 3 is 2.65 bits per heavy atom. The molecule has 1 heterocycles. The van der Waals surface area contributed by atoms with E-state index >= 15 is 0 Å². The zero-order valence-corrected chi connectivity index (χ0v) is 13.3. The van der Waals surface area contributed by atoms with Crippen molar-refractivity contribution in [3.05, 3.63) is 64.9 Å². The molecule has 0 aliphatic rings. The highest BCUT2D eigenvalue weighted by atomic mass is 19.1. The molecule has 0 atom stereocenters. The van der Waals surface area contributed by atoms with Gasteiger partial charge in [-0.05, 0) is 37.6 Å². The van der Waals surface area contributed by atoms with E-state index in [0.29, 0.717) is 17.7 Å². The van der Waals surface area contributed by atoms with Gasteiger partial charge in [-0.15, -0.1) is 6.58 Å². The molecule has 0 unspecified atom stereocenters. The molecule has 0 amide bonds. The highest BCUT2D eigenvalue weighted by Gasteiger charge is 2.16. The molecule has 5 nitrogen and oxygen atoms in total. The van der Waals surface area contributed by atoms with E-state index in [-0.39, 0.29) is 11.4 Å². The predicted octanol–water partition coefficient (Wildman–Crippen LogP) is 1.17. The molecule has 3 N–H and O–H groups in total. The molecule has 0 radical (unpaired) electrons. The first kappa shape index (κ1) is 16.9. The predicted molar refractivity (Wildman–Crippen MR) is 89.3 cm³/mol. The minimum absolute atomic E-state index is 0.212. The molecular formula is C17H22FN4O+. The first-order valence-electron chi connectivity index (χ1n) is 7.64. The van der Waals surface area contributed by atoms with Crippen LogP contribution in [0.4, 0.5) is 10.1 Å². The Kier molecular flexibility index (Phi) is 5.65. The van der Waals surface area contributed by atoms with Crippen LogP contribution in [0.15, 0.2) is 47.9 Å². The molecule has 1 aromatic carbocycles. The van der Waals surface area contributed by atoms with Gasteiger partial charge in [0.2, 0.25) is 0 Å². The van der Waals surface area contributed by atoms with Gasteiger partial charge in [0.15, 0.2) is 0 Å². The molecule has 0 aliphatic heterocycles. The Balaban J connectivity index is 2.56. The third-order valence-electron chi connectivity index (χ3n) is 3.63. The number of rotatable bonds is 7. The van der Waals surface area contributed by atoms with Crippen molar-refractivity contribution in [2.24, 2.45) is 0 Å². The molecule has 2 aromatic rings. The van der Waals surface area contributed by atoms with Gasteiger partial charge < -0.3 is 10.6 Å². The van der Waals surface area contributed by atoms with Gasteiger partial charge in [-0.25, -0.2) is 4.39 Å². The highest BCUT2D eigenvalue weighted by molar-refractivity contribution is 5.52. The van der Waals surface area contributed by atoms with Crippen LogP contribution in [0.1, 0.15) is 12.5 Å². The van der Waals surface area contributed by atoms with Gasteiger partial charge in [-0.3, -0.25) is 4.79 Å². The summed E-state index contributed by atoms with van der Waals surface area (Å²) in [5, 5.41) is 4.26. The lowest BCUT2D eigenvalue weighted by Crippen LogP contribution is -2.55. The molecule has 0 bridgehead atoms. The molecule has 1 aromatic heterocycles. The number of benzene rings is 1. The lowest BCUT2D eigenvalue weighted by Gasteiger charge is -2.23. The molecule has 0 saturated heterocycles. The maximum atomic E-state index is 13.1. The van der Waals surface area contributed by atoms with Crippen LogP contribution >= 0.6 is 0 Å². The van der Waals surface area contributed by atoms with Crippen LogP contribution in [0, 0.1) is 5.82 Å². The van der Waals surface area contributed by atoms with Crippen molar-refractivity contribution in [2.75, 3.05) is 24.5 Å². The van der Waals surface area contributed by atoms with E-state index in [9.17, 15) is 9.18 Å². The summed E-state index contributed by atoms with van der Waals surface area (Å²) < 4.78 is 14.4. The number of nitrogens with zero attached hydrogens (tertiary/aromatic N) is 3. The monoisotopic (exact) mass is 317 g/mol. The maximum Gasteiger partial charge on any atom is 0.277 e. The molecule has 6 heteroatoms. The lowest BCUT2D eigenvalue weighted by molar-refractivity contribution is -0.363. The molecule has 0 saturated carbocycles. The fraction of sp³-hybridized carbons (Fsp3) is 0.294. The van der Waals surface area contributed by atoms with Gasteiger partial charge in [0, 0.05) is 12.1 Å². The number of allylic oxidation sites excluding steroid dienone is 1. The van der Waals surface area contributed by atoms with E-state index < -0.39 is 0 Å². The van der Waals surface area contributed by atoms with Crippen LogP contribution in [0.2, 0.25) is 0 Å². The standard InChI is InChI=1S/C17H21FN4O/c1-3-5-15-16(21(4-2)11-10-19)12-20-22(17(15)23)14-8-6-13(18)7-9-14/h3,6-9,12H,1,4-5,10-11,19H2,2H3/p+1. The highest BCUT2D eigenvalue weighted by Crippen LogP contribution is 2.17. The van der Waals surface area contributed by atoms with E-state index in [1.807, 2.05) is 6.92 Å². The second-order valence-corrected chi connectivity index (χ2v) is 5.13. The van der Waals surface area contributed by atoms with E-state index in [1.54, 1.807) is 12.3 Å². The van der Waals surface area contributed by atoms with Crippen molar-refractivity contribution in [2.45, 2.75) is 13.3 Å². The van der Waals surface area contributed by atoms with Crippen molar-refractivity contribution < 1.29 is 10.1 Å². The van der Waals surface area contributed by atoms with Gasteiger partial charge in [0.1, 0.15) is 5.82 Å². The van der Waals surface area contributed by atoms with Gasteiger partial charge in [0.05, 0.1) is 30.7 Å². The second-order valence-electron chi connectivity index (χ2n) is 5.13. The summed E-state index contributed by atoms with van der Waals surface area (Å²) >= 11 is 0. The van der Waals surface area contributed by atoms with Gasteiger partial charge in [-0.2, -0.15) is 9.78 Å². The maximum absolute atomic E-state index is 13.1. The molecule has 23 heavy (non-hydrogen) atoms. The first-order chi connectivity index (χ1) is 11.1. The van der Waals surface area contributed by atoms with E-state index in [4.69, 9.17) is 0 Å². The van der Waals surface area contributed by atoms with Crippen molar-refractivity contribution in [1.82, 2.24) is 9.78 Å². The third kappa shape index (κ3) is 3.65. The SMILES string of the molecule is C=CCc1c(N(CC)CC[NH3+])cnn(-c2ccc(F)cc2)c1=O. The van der Waals surface area contributed by atoms with E-state index in [1.165, 1.54) is 28.9 Å². The molecule has 0 spiro atoms. The van der Waals surface area contributed by atoms with Crippen molar-refractivity contribution in [3.8, 4) is 5.69 Å². The number of halogens is 1. The summed E-state index contributed by atoms with van der Waals surface area (Å²) in [6, 6.07) is 5.70. The topological polar surface area (TPSA) is 65.8 Å². The number of hydrogen-bond donors (Lipinski definition) is 1. The number of hydrogen-bond acceptors (Lipinski definition) is 3. The average Bonchev–Trinajstić information content (AvgIpc) is 2.56. The Morgan fingerprint density at radius 1 is 1.39 bits per heavy atom. The average molecular weight is 317 g/mol. The van der Waals surface area contributed by atoms with Gasteiger partial charge in [-0.1, -0.05) is 6.08 Å². The van der Waals surface area contributed by atoms with E-state index in [2.05, 4.69) is 22.3 Å². The van der Waals surface area contributed by atoms with Crippen LogP contribution in [-0.4, -0.2) is 29.4 Å². The van der Waals surface area contributed by atoms with Crippen LogP contribution in [0.3, 0.4) is 0 Å². The number of quaternary nitrogens is 1. The van der Waals surface area contributed by atoms with Crippen molar-refractivity contribution >= 4 is 5.69 Å². The Labute approximate surface area is 134 Å². The summed E-state index contributed by atoms with van der Waals surface area (Å²) in [4.78, 5) is 14.9. The summed E-state index contributed by atoms with van der Waals surface area (Å²) in [5.74, 6) is -0.350. The van der Waals surface area contributed by atoms with Crippen molar-refractivity contribution in [1.29, 1.82) is 0 Å². The molecular weight excluding hydrogens is 295 g/mol.